The molecule has 2 heterocycles. The number of benzene rings is 2. The first-order valence-electron chi connectivity index (χ1n) is 13.2. The number of ether oxygens (including phenoxy) is 1. The number of amides is 1. The summed E-state index contributed by atoms with van der Waals surface area (Å²) >= 11 is 0. The number of carbonyl (C=O) groups excluding carboxylic acids is 1. The predicted molar refractivity (Wildman–Crippen MR) is 147 cm³/mol. The first kappa shape index (κ1) is 28.9. The summed E-state index contributed by atoms with van der Waals surface area (Å²) in [4.78, 5) is 14.9. The van der Waals surface area contributed by atoms with Gasteiger partial charge in [0, 0.05) is 39.0 Å². The van der Waals surface area contributed by atoms with Crippen molar-refractivity contribution in [3.8, 4) is 11.1 Å². The van der Waals surface area contributed by atoms with Gasteiger partial charge in [-0.25, -0.2) is 8.42 Å². The molecular formula is C28H37N5O5S. The third-order valence-corrected chi connectivity index (χ3v) is 8.99. The second-order valence-electron chi connectivity index (χ2n) is 10.2. The van der Waals surface area contributed by atoms with Gasteiger partial charge in [-0.2, -0.15) is 4.31 Å². The van der Waals surface area contributed by atoms with Crippen LogP contribution in [0.4, 0.5) is 0 Å². The zero-order chi connectivity index (χ0) is 28.0. The van der Waals surface area contributed by atoms with Crippen molar-refractivity contribution in [2.45, 2.75) is 56.9 Å². The maximum absolute atomic E-state index is 13.5. The van der Waals surface area contributed by atoms with Gasteiger partial charge in [0.1, 0.15) is 5.69 Å². The van der Waals surface area contributed by atoms with Crippen LogP contribution in [0.5, 0.6) is 0 Å². The van der Waals surface area contributed by atoms with Crippen molar-refractivity contribution in [2.75, 3.05) is 26.7 Å². The topological polar surface area (TPSA) is 118 Å². The number of aliphatic hydroxyl groups excluding tert-OH is 1. The van der Waals surface area contributed by atoms with Crippen LogP contribution in [-0.4, -0.2) is 82.5 Å². The van der Waals surface area contributed by atoms with E-state index in [4.69, 9.17) is 4.74 Å². The minimum absolute atomic E-state index is 0.0683. The number of aliphatic hydroxyl groups is 1. The van der Waals surface area contributed by atoms with Crippen LogP contribution in [0, 0.1) is 5.92 Å². The molecule has 11 heteroatoms. The molecule has 3 aromatic rings. The molecule has 1 amide bonds. The average molecular weight is 556 g/mol. The summed E-state index contributed by atoms with van der Waals surface area (Å²) < 4.78 is 36.2. The Labute approximate surface area is 230 Å². The summed E-state index contributed by atoms with van der Waals surface area (Å²) in [5.41, 5.74) is 2.58. The lowest BCUT2D eigenvalue weighted by Crippen LogP contribution is -2.47. The Balaban J connectivity index is 1.55. The molecule has 10 nitrogen and oxygen atoms in total. The number of likely N-dealkylation sites (N-methyl/N-ethyl adjacent to an activating group) is 1. The molecule has 0 aliphatic carbocycles. The van der Waals surface area contributed by atoms with Crippen LogP contribution in [0.3, 0.4) is 0 Å². The summed E-state index contributed by atoms with van der Waals surface area (Å²) in [6.07, 6.45) is 2.15. The molecule has 0 saturated heterocycles. The molecule has 0 fully saturated rings. The van der Waals surface area contributed by atoms with Gasteiger partial charge in [-0.05, 0) is 36.6 Å². The number of rotatable bonds is 7. The maximum atomic E-state index is 13.5. The van der Waals surface area contributed by atoms with Gasteiger partial charge in [0.05, 0.1) is 36.5 Å². The Kier molecular flexibility index (Phi) is 9.49. The third-order valence-electron chi connectivity index (χ3n) is 7.15. The van der Waals surface area contributed by atoms with E-state index < -0.39 is 16.1 Å². The van der Waals surface area contributed by atoms with Crippen LogP contribution < -0.4 is 0 Å². The molecule has 0 radical (unpaired) electrons. The normalized spacial score (nSPS) is 20.2. The van der Waals surface area contributed by atoms with Crippen molar-refractivity contribution >= 4 is 15.9 Å². The number of aromatic nitrogens is 3. The van der Waals surface area contributed by atoms with Crippen molar-refractivity contribution in [3.05, 3.63) is 66.5 Å². The van der Waals surface area contributed by atoms with Crippen LogP contribution in [0.1, 0.15) is 32.4 Å². The lowest BCUT2D eigenvalue weighted by Gasteiger charge is -2.35. The van der Waals surface area contributed by atoms with Gasteiger partial charge in [-0.3, -0.25) is 9.48 Å². The quantitative estimate of drug-likeness (QED) is 0.476. The Morgan fingerprint density at radius 3 is 2.51 bits per heavy atom. The third kappa shape index (κ3) is 7.10. The molecule has 1 aliphatic heterocycles. The van der Waals surface area contributed by atoms with Crippen molar-refractivity contribution in [1.82, 2.24) is 24.2 Å². The van der Waals surface area contributed by atoms with E-state index in [-0.39, 0.29) is 42.5 Å². The fraction of sp³-hybridized carbons (Fsp3) is 0.464. The first-order valence-corrected chi connectivity index (χ1v) is 14.7. The van der Waals surface area contributed by atoms with Gasteiger partial charge in [0.2, 0.25) is 15.9 Å². The Morgan fingerprint density at radius 2 is 1.82 bits per heavy atom. The molecule has 2 bridgehead atoms. The van der Waals surface area contributed by atoms with Gasteiger partial charge < -0.3 is 14.7 Å². The Hall–Kier alpha value is -3.12. The molecule has 1 N–H and O–H groups in total. The second-order valence-corrected chi connectivity index (χ2v) is 12.2. The molecule has 1 aromatic heterocycles. The van der Waals surface area contributed by atoms with Crippen LogP contribution in [0.2, 0.25) is 0 Å². The highest BCUT2D eigenvalue weighted by Crippen LogP contribution is 2.24. The van der Waals surface area contributed by atoms with E-state index in [1.807, 2.05) is 37.3 Å². The van der Waals surface area contributed by atoms with Gasteiger partial charge in [-0.15, -0.1) is 5.10 Å². The minimum Gasteiger partial charge on any atom is -0.394 e. The summed E-state index contributed by atoms with van der Waals surface area (Å²) in [5.74, 6) is -0.293. The van der Waals surface area contributed by atoms with E-state index in [0.717, 1.165) is 11.1 Å². The number of carbonyl (C=O) groups is 1. The zero-order valence-electron chi connectivity index (χ0n) is 22.7. The summed E-state index contributed by atoms with van der Waals surface area (Å²) in [7, 11) is -2.27. The molecule has 210 valence electrons. The van der Waals surface area contributed by atoms with E-state index in [2.05, 4.69) is 10.3 Å². The summed E-state index contributed by atoms with van der Waals surface area (Å²) in [6.45, 7) is 4.69. The molecular weight excluding hydrogens is 518 g/mol. The van der Waals surface area contributed by atoms with E-state index in [1.54, 1.807) is 47.0 Å². The van der Waals surface area contributed by atoms with Gasteiger partial charge >= 0.3 is 0 Å². The van der Waals surface area contributed by atoms with E-state index in [9.17, 15) is 18.3 Å². The maximum Gasteiger partial charge on any atom is 0.242 e. The van der Waals surface area contributed by atoms with Crippen molar-refractivity contribution < 1.29 is 23.1 Å². The second kappa shape index (κ2) is 12.8. The summed E-state index contributed by atoms with van der Waals surface area (Å²) in [6, 6.07) is 16.2. The SMILES string of the molecule is C[C@H]1CN([C@@H](C)CO)C(=O)CCCn2cc(nn2)CO[C@@H]1CN(C)S(=O)(=O)c1ccc(-c2ccccc2)cc1. The molecule has 2 aromatic carbocycles. The van der Waals surface area contributed by atoms with Gasteiger partial charge in [-0.1, -0.05) is 54.6 Å². The van der Waals surface area contributed by atoms with E-state index >= 15 is 0 Å². The number of hydrogen-bond donors (Lipinski definition) is 1. The smallest absolute Gasteiger partial charge is 0.242 e. The molecule has 0 spiro atoms. The number of sulfonamides is 1. The fourth-order valence-electron chi connectivity index (χ4n) is 4.67. The summed E-state index contributed by atoms with van der Waals surface area (Å²) in [5, 5.41) is 18.1. The average Bonchev–Trinajstić information content (AvgIpc) is 3.41. The monoisotopic (exact) mass is 555 g/mol. The minimum atomic E-state index is -3.81. The number of fused-ring (bicyclic) bond motifs is 2. The zero-order valence-corrected chi connectivity index (χ0v) is 23.5. The van der Waals surface area contributed by atoms with E-state index in [0.29, 0.717) is 31.6 Å². The molecule has 3 atom stereocenters. The predicted octanol–water partition coefficient (Wildman–Crippen LogP) is 2.79. The fourth-order valence-corrected chi connectivity index (χ4v) is 5.86. The molecule has 1 aliphatic rings. The van der Waals surface area contributed by atoms with Crippen LogP contribution >= 0.6 is 0 Å². The van der Waals surface area contributed by atoms with E-state index in [1.165, 1.54) is 11.4 Å². The van der Waals surface area contributed by atoms with Crippen molar-refractivity contribution in [2.24, 2.45) is 5.92 Å². The highest BCUT2D eigenvalue weighted by molar-refractivity contribution is 7.89. The number of aryl methyl sites for hydroxylation is 1. The molecule has 4 rings (SSSR count). The molecule has 0 unspecified atom stereocenters. The Bertz CT molecular complexity index is 1330. The number of nitrogens with zero attached hydrogens (tertiary/aromatic N) is 5. The van der Waals surface area contributed by atoms with Gasteiger partial charge in [0.15, 0.2) is 0 Å². The van der Waals surface area contributed by atoms with Crippen LogP contribution in [0.15, 0.2) is 65.7 Å². The molecule has 39 heavy (non-hydrogen) atoms. The standard InChI is InChI=1S/C28H37N5O5S/c1-21-16-33(22(2)19-34)28(35)10-7-15-32-17-25(29-30-32)20-38-27(21)18-31(3)39(36,37)26-13-11-24(12-14-26)23-8-5-4-6-9-23/h4-6,8-9,11-14,17,21-22,27,34H,7,10,15-16,18-20H2,1-3H3/t21-,22-,27+/m0/s1. The highest BCUT2D eigenvalue weighted by Gasteiger charge is 2.31. The van der Waals surface area contributed by atoms with Gasteiger partial charge in [0.25, 0.3) is 0 Å². The van der Waals surface area contributed by atoms with Crippen molar-refractivity contribution in [3.63, 3.8) is 0 Å². The lowest BCUT2D eigenvalue weighted by atomic mass is 10.0. The highest BCUT2D eigenvalue weighted by atomic mass is 32.2. The Morgan fingerprint density at radius 1 is 1.13 bits per heavy atom. The number of hydrogen-bond acceptors (Lipinski definition) is 7. The first-order chi connectivity index (χ1) is 18.7. The van der Waals surface area contributed by atoms with Crippen LogP contribution in [-0.2, 0) is 32.7 Å². The lowest BCUT2D eigenvalue weighted by molar-refractivity contribution is -0.136. The largest absolute Gasteiger partial charge is 0.394 e. The molecule has 0 saturated carbocycles. The van der Waals surface area contributed by atoms with Crippen molar-refractivity contribution in [1.29, 1.82) is 0 Å². The van der Waals surface area contributed by atoms with Crippen LogP contribution in [0.25, 0.3) is 11.1 Å².